The van der Waals surface area contributed by atoms with Gasteiger partial charge in [-0.3, -0.25) is 14.9 Å². The molecule has 7 nitrogen and oxygen atoms in total. The summed E-state index contributed by atoms with van der Waals surface area (Å²) in [5.41, 5.74) is 1.26. The van der Waals surface area contributed by atoms with Crippen LogP contribution in [0.25, 0.3) is 6.08 Å². The Hall–Kier alpha value is -3.29. The number of ether oxygens (including phenoxy) is 2. The number of allylic oxidation sites excluding steroid dienone is 1. The fourth-order valence-electron chi connectivity index (χ4n) is 3.28. The van der Waals surface area contributed by atoms with E-state index in [0.717, 1.165) is 16.9 Å². The number of benzene rings is 2. The number of amides is 4. The molecule has 4 amide bonds. The summed E-state index contributed by atoms with van der Waals surface area (Å²) >= 11 is 12.0. The minimum atomic E-state index is -0.881. The number of methoxy groups -OCH3 is 1. The van der Waals surface area contributed by atoms with Gasteiger partial charge in [0.15, 0.2) is 11.5 Å². The fourth-order valence-corrected chi connectivity index (χ4v) is 3.57. The van der Waals surface area contributed by atoms with E-state index in [4.69, 9.17) is 32.7 Å². The van der Waals surface area contributed by atoms with Gasteiger partial charge in [-0.1, -0.05) is 36.2 Å². The minimum absolute atomic E-state index is 0.165. The summed E-state index contributed by atoms with van der Waals surface area (Å²) in [6, 6.07) is 6.85. The summed E-state index contributed by atoms with van der Waals surface area (Å²) in [5, 5.41) is 2.61. The van der Waals surface area contributed by atoms with Crippen molar-refractivity contribution in [3.05, 3.63) is 69.7 Å². The molecule has 0 bridgehead atoms. The maximum atomic E-state index is 13.1. The highest BCUT2D eigenvalue weighted by molar-refractivity contribution is 6.43. The van der Waals surface area contributed by atoms with Crippen LogP contribution in [0.4, 0.5) is 10.5 Å². The molecule has 2 aromatic carbocycles. The third-order valence-corrected chi connectivity index (χ3v) is 5.50. The van der Waals surface area contributed by atoms with E-state index >= 15 is 0 Å². The number of imide groups is 2. The van der Waals surface area contributed by atoms with E-state index < -0.39 is 17.8 Å². The maximum absolute atomic E-state index is 13.1. The van der Waals surface area contributed by atoms with Gasteiger partial charge in [0.2, 0.25) is 0 Å². The highest BCUT2D eigenvalue weighted by atomic mass is 35.5. The number of carbonyl (C=O) groups excluding carboxylic acids is 3. The highest BCUT2D eigenvalue weighted by Crippen LogP contribution is 2.35. The van der Waals surface area contributed by atoms with Gasteiger partial charge in [0.1, 0.15) is 5.57 Å². The van der Waals surface area contributed by atoms with Crippen LogP contribution in [0.5, 0.6) is 11.5 Å². The van der Waals surface area contributed by atoms with E-state index in [9.17, 15) is 14.4 Å². The van der Waals surface area contributed by atoms with Gasteiger partial charge in [-0.25, -0.2) is 9.69 Å². The monoisotopic (exact) mass is 488 g/mol. The van der Waals surface area contributed by atoms with Crippen molar-refractivity contribution in [1.29, 1.82) is 0 Å². The van der Waals surface area contributed by atoms with E-state index in [0.29, 0.717) is 30.1 Å². The smallest absolute Gasteiger partial charge is 0.335 e. The van der Waals surface area contributed by atoms with Crippen molar-refractivity contribution in [2.75, 3.05) is 18.6 Å². The quantitative estimate of drug-likeness (QED) is 0.314. The van der Waals surface area contributed by atoms with Crippen LogP contribution in [0.15, 0.2) is 48.6 Å². The first-order valence-corrected chi connectivity index (χ1v) is 10.9. The molecule has 1 saturated heterocycles. The molecule has 1 heterocycles. The topological polar surface area (TPSA) is 84.9 Å². The molecule has 1 fully saturated rings. The largest absolute Gasteiger partial charge is 0.493 e. The lowest BCUT2D eigenvalue weighted by Gasteiger charge is -2.26. The van der Waals surface area contributed by atoms with Crippen LogP contribution in [0, 0.1) is 0 Å². The van der Waals surface area contributed by atoms with Crippen molar-refractivity contribution >= 4 is 52.8 Å². The predicted molar refractivity (Wildman–Crippen MR) is 128 cm³/mol. The Morgan fingerprint density at radius 3 is 2.52 bits per heavy atom. The Kier molecular flexibility index (Phi) is 7.79. The van der Waals surface area contributed by atoms with Crippen LogP contribution < -0.4 is 19.7 Å². The van der Waals surface area contributed by atoms with Crippen molar-refractivity contribution in [3.63, 3.8) is 0 Å². The van der Waals surface area contributed by atoms with Gasteiger partial charge in [-0.2, -0.15) is 0 Å². The molecule has 0 aliphatic carbocycles. The number of hydrogen-bond acceptors (Lipinski definition) is 5. The number of hydrogen-bond donors (Lipinski definition) is 1. The summed E-state index contributed by atoms with van der Waals surface area (Å²) in [4.78, 5) is 38.9. The Morgan fingerprint density at radius 1 is 1.12 bits per heavy atom. The van der Waals surface area contributed by atoms with Crippen molar-refractivity contribution in [3.8, 4) is 11.5 Å². The summed E-state index contributed by atoms with van der Waals surface area (Å²) in [7, 11) is 1.51. The lowest BCUT2D eigenvalue weighted by Crippen LogP contribution is -2.54. The molecule has 0 aromatic heterocycles. The zero-order valence-electron chi connectivity index (χ0n) is 18.1. The molecular weight excluding hydrogens is 467 g/mol. The molecule has 0 unspecified atom stereocenters. The molecule has 2 aromatic rings. The first-order valence-electron chi connectivity index (χ1n) is 10.1. The summed E-state index contributed by atoms with van der Waals surface area (Å²) < 4.78 is 11.3. The Bertz CT molecular complexity index is 1160. The van der Waals surface area contributed by atoms with Crippen molar-refractivity contribution < 1.29 is 23.9 Å². The minimum Gasteiger partial charge on any atom is -0.493 e. The van der Waals surface area contributed by atoms with Gasteiger partial charge in [0, 0.05) is 5.56 Å². The standard InChI is InChI=1S/C24H22Cl2N2O5/c1-4-6-15-10-14(12-20(32-3)21(15)33-9-5-2)11-17-22(29)27-24(31)28(23(17)30)16-7-8-18(25)19(26)13-16/h4,7-8,10-13H,1,5-6,9H2,2-3H3,(H,27,29,31)/b17-11+. The number of anilines is 1. The Labute approximate surface area is 201 Å². The van der Waals surface area contributed by atoms with E-state index in [2.05, 4.69) is 11.9 Å². The molecule has 33 heavy (non-hydrogen) atoms. The highest BCUT2D eigenvalue weighted by Gasteiger charge is 2.37. The lowest BCUT2D eigenvalue weighted by molar-refractivity contribution is -0.122. The van der Waals surface area contributed by atoms with Crippen LogP contribution in [-0.4, -0.2) is 31.6 Å². The van der Waals surface area contributed by atoms with Gasteiger partial charge in [0.05, 0.1) is 29.4 Å². The van der Waals surface area contributed by atoms with Crippen LogP contribution in [0.2, 0.25) is 10.0 Å². The molecule has 1 aliphatic heterocycles. The molecule has 172 valence electrons. The normalized spacial score (nSPS) is 15.0. The maximum Gasteiger partial charge on any atom is 0.335 e. The molecule has 9 heteroatoms. The SMILES string of the molecule is C=CCc1cc(/C=C2\C(=O)NC(=O)N(c3ccc(Cl)c(Cl)c3)C2=O)cc(OC)c1OCCC. The molecule has 0 radical (unpaired) electrons. The zero-order chi connectivity index (χ0) is 24.1. The second-order valence-electron chi connectivity index (χ2n) is 7.11. The first-order chi connectivity index (χ1) is 15.8. The van der Waals surface area contributed by atoms with Gasteiger partial charge in [-0.15, -0.1) is 6.58 Å². The third kappa shape index (κ3) is 5.21. The van der Waals surface area contributed by atoms with E-state index in [1.54, 1.807) is 18.2 Å². The molecule has 0 spiro atoms. The summed E-state index contributed by atoms with van der Waals surface area (Å²) in [6.07, 6.45) is 4.41. The molecule has 3 rings (SSSR count). The van der Waals surface area contributed by atoms with Gasteiger partial charge in [0.25, 0.3) is 11.8 Å². The number of urea groups is 1. The average Bonchev–Trinajstić information content (AvgIpc) is 2.78. The number of nitrogens with zero attached hydrogens (tertiary/aromatic N) is 1. The van der Waals surface area contributed by atoms with Gasteiger partial charge >= 0.3 is 6.03 Å². The van der Waals surface area contributed by atoms with Gasteiger partial charge in [-0.05, 0) is 54.8 Å². The van der Waals surface area contributed by atoms with Crippen LogP contribution in [0.1, 0.15) is 24.5 Å². The molecule has 1 aliphatic rings. The summed E-state index contributed by atoms with van der Waals surface area (Å²) in [5.74, 6) is -0.571. The molecule has 0 saturated carbocycles. The Morgan fingerprint density at radius 2 is 1.88 bits per heavy atom. The number of barbiturate groups is 1. The van der Waals surface area contributed by atoms with Gasteiger partial charge < -0.3 is 9.47 Å². The fraction of sp³-hybridized carbons (Fsp3) is 0.208. The van der Waals surface area contributed by atoms with E-state index in [1.807, 2.05) is 6.92 Å². The number of nitrogens with one attached hydrogen (secondary N) is 1. The summed E-state index contributed by atoms with van der Waals surface area (Å²) in [6.45, 7) is 6.27. The van der Waals surface area contributed by atoms with Crippen LogP contribution in [0.3, 0.4) is 0 Å². The van der Waals surface area contributed by atoms with Crippen molar-refractivity contribution in [1.82, 2.24) is 5.32 Å². The van der Waals surface area contributed by atoms with E-state index in [-0.39, 0.29) is 21.3 Å². The number of rotatable bonds is 8. The van der Waals surface area contributed by atoms with Crippen LogP contribution in [-0.2, 0) is 16.0 Å². The second-order valence-corrected chi connectivity index (χ2v) is 7.92. The molecule has 0 atom stereocenters. The first kappa shape index (κ1) is 24.4. The van der Waals surface area contributed by atoms with Crippen LogP contribution >= 0.6 is 23.2 Å². The third-order valence-electron chi connectivity index (χ3n) is 4.76. The second kappa shape index (κ2) is 10.6. The zero-order valence-corrected chi connectivity index (χ0v) is 19.6. The predicted octanol–water partition coefficient (Wildman–Crippen LogP) is 5.19. The van der Waals surface area contributed by atoms with E-state index in [1.165, 1.54) is 31.4 Å². The molecule has 1 N–H and O–H groups in total. The molecular formula is C24H22Cl2N2O5. The number of halogens is 2. The number of carbonyl (C=O) groups is 3. The average molecular weight is 489 g/mol. The van der Waals surface area contributed by atoms with Crippen molar-refractivity contribution in [2.45, 2.75) is 19.8 Å². The lowest BCUT2D eigenvalue weighted by atomic mass is 10.0. The van der Waals surface area contributed by atoms with Crippen molar-refractivity contribution in [2.24, 2.45) is 0 Å². The Balaban J connectivity index is 2.06.